The molecule has 0 saturated carbocycles. The molecule has 94 valence electrons. The first kappa shape index (κ1) is 12.2. The molecular weight excluding hydrogens is 228 g/mol. The lowest BCUT2D eigenvalue weighted by molar-refractivity contribution is 0.0952. The van der Waals surface area contributed by atoms with Crippen LogP contribution in [0.4, 0.5) is 5.69 Å². The molecule has 2 rings (SSSR count). The molecule has 2 aromatic rings. The Morgan fingerprint density at radius 1 is 1.50 bits per heavy atom. The van der Waals surface area contributed by atoms with Crippen molar-refractivity contribution < 1.29 is 4.79 Å². The Morgan fingerprint density at radius 2 is 2.33 bits per heavy atom. The first-order valence-electron chi connectivity index (χ1n) is 5.78. The molecule has 1 aromatic heterocycles. The van der Waals surface area contributed by atoms with Gasteiger partial charge in [0.25, 0.3) is 5.91 Å². The molecule has 0 aliphatic heterocycles. The molecule has 1 aromatic carbocycles. The third-order valence-electron chi connectivity index (χ3n) is 2.64. The van der Waals surface area contributed by atoms with Crippen molar-refractivity contribution in [1.29, 1.82) is 0 Å². The molecular formula is C13H16N4O. The number of nitrogen functional groups attached to an aromatic ring is 1. The lowest BCUT2D eigenvalue weighted by atomic mass is 10.1. The fourth-order valence-electron chi connectivity index (χ4n) is 1.68. The van der Waals surface area contributed by atoms with Gasteiger partial charge in [-0.05, 0) is 25.1 Å². The van der Waals surface area contributed by atoms with Gasteiger partial charge >= 0.3 is 0 Å². The van der Waals surface area contributed by atoms with E-state index in [1.54, 1.807) is 23.0 Å². The Labute approximate surface area is 106 Å². The predicted molar refractivity (Wildman–Crippen MR) is 70.2 cm³/mol. The van der Waals surface area contributed by atoms with Gasteiger partial charge in [0.1, 0.15) is 0 Å². The van der Waals surface area contributed by atoms with E-state index in [9.17, 15) is 4.79 Å². The highest BCUT2D eigenvalue weighted by Crippen LogP contribution is 2.13. The van der Waals surface area contributed by atoms with Crippen molar-refractivity contribution in [2.24, 2.45) is 0 Å². The van der Waals surface area contributed by atoms with Gasteiger partial charge in [0.15, 0.2) is 0 Å². The van der Waals surface area contributed by atoms with Crippen LogP contribution < -0.4 is 11.1 Å². The van der Waals surface area contributed by atoms with Gasteiger partial charge in [-0.15, -0.1) is 0 Å². The quantitative estimate of drug-likeness (QED) is 0.794. The van der Waals surface area contributed by atoms with Crippen molar-refractivity contribution in [3.63, 3.8) is 0 Å². The average Bonchev–Trinajstić information content (AvgIpc) is 2.85. The smallest absolute Gasteiger partial charge is 0.253 e. The van der Waals surface area contributed by atoms with Crippen LogP contribution in [0.15, 0.2) is 36.7 Å². The van der Waals surface area contributed by atoms with Gasteiger partial charge in [-0.25, -0.2) is 0 Å². The Morgan fingerprint density at radius 3 is 3.06 bits per heavy atom. The van der Waals surface area contributed by atoms with Crippen molar-refractivity contribution in [2.75, 3.05) is 12.3 Å². The Hall–Kier alpha value is -2.30. The summed E-state index contributed by atoms with van der Waals surface area (Å²) in [5.74, 6) is -0.150. The summed E-state index contributed by atoms with van der Waals surface area (Å²) in [5.41, 5.74) is 7.81. The summed E-state index contributed by atoms with van der Waals surface area (Å²) in [6, 6.07) is 7.27. The van der Waals surface area contributed by atoms with Crippen LogP contribution in [0.3, 0.4) is 0 Å². The molecule has 0 saturated heterocycles. The molecule has 0 fully saturated rings. The van der Waals surface area contributed by atoms with Gasteiger partial charge in [-0.3, -0.25) is 9.48 Å². The van der Waals surface area contributed by atoms with Gasteiger partial charge in [0, 0.05) is 24.6 Å². The number of carbonyl (C=O) groups excluding carboxylic acids is 1. The first-order valence-corrected chi connectivity index (χ1v) is 5.78. The molecule has 0 spiro atoms. The van der Waals surface area contributed by atoms with Crippen LogP contribution in [-0.4, -0.2) is 22.2 Å². The van der Waals surface area contributed by atoms with E-state index in [2.05, 4.69) is 10.4 Å². The maximum atomic E-state index is 11.9. The van der Waals surface area contributed by atoms with Crippen molar-refractivity contribution in [3.8, 4) is 0 Å². The number of hydrogen-bond acceptors (Lipinski definition) is 3. The summed E-state index contributed by atoms with van der Waals surface area (Å²) in [5, 5.41) is 6.88. The maximum Gasteiger partial charge on any atom is 0.253 e. The molecule has 5 nitrogen and oxygen atoms in total. The van der Waals surface area contributed by atoms with Gasteiger partial charge < -0.3 is 11.1 Å². The van der Waals surface area contributed by atoms with E-state index in [0.29, 0.717) is 24.3 Å². The number of anilines is 1. The van der Waals surface area contributed by atoms with E-state index in [1.165, 1.54) is 0 Å². The highest BCUT2D eigenvalue weighted by atomic mass is 16.1. The zero-order valence-electron chi connectivity index (χ0n) is 10.3. The molecule has 0 radical (unpaired) electrons. The highest BCUT2D eigenvalue weighted by molar-refractivity contribution is 5.99. The standard InChI is InChI=1S/C13H16N4O/c1-10-3-4-12(14)11(9-10)13(18)15-6-8-17-7-2-5-16-17/h2-5,7,9H,6,8,14H2,1H3,(H,15,18). The lowest BCUT2D eigenvalue weighted by Gasteiger charge is -2.08. The summed E-state index contributed by atoms with van der Waals surface area (Å²) in [7, 11) is 0. The van der Waals surface area contributed by atoms with Gasteiger partial charge in [0.05, 0.1) is 12.1 Å². The lowest BCUT2D eigenvalue weighted by Crippen LogP contribution is -2.28. The molecule has 3 N–H and O–H groups in total. The predicted octanol–water partition coefficient (Wildman–Crippen LogP) is 1.20. The molecule has 0 bridgehead atoms. The van der Waals surface area contributed by atoms with Crippen LogP contribution in [-0.2, 0) is 6.54 Å². The number of nitrogens with zero attached hydrogens (tertiary/aromatic N) is 2. The Kier molecular flexibility index (Phi) is 3.62. The second-order valence-corrected chi connectivity index (χ2v) is 4.12. The number of benzene rings is 1. The Balaban J connectivity index is 1.93. The number of rotatable bonds is 4. The third kappa shape index (κ3) is 2.88. The zero-order chi connectivity index (χ0) is 13.0. The highest BCUT2D eigenvalue weighted by Gasteiger charge is 2.08. The molecule has 1 heterocycles. The third-order valence-corrected chi connectivity index (χ3v) is 2.64. The topological polar surface area (TPSA) is 72.9 Å². The van der Waals surface area contributed by atoms with Crippen LogP contribution >= 0.6 is 0 Å². The minimum atomic E-state index is -0.150. The van der Waals surface area contributed by atoms with Gasteiger partial charge in [-0.1, -0.05) is 11.6 Å². The number of aryl methyl sites for hydroxylation is 1. The number of hydrogen-bond donors (Lipinski definition) is 2. The molecule has 0 atom stereocenters. The van der Waals surface area contributed by atoms with E-state index in [4.69, 9.17) is 5.73 Å². The van der Waals surface area contributed by atoms with Crippen molar-refractivity contribution in [2.45, 2.75) is 13.5 Å². The van der Waals surface area contributed by atoms with E-state index in [-0.39, 0.29) is 5.91 Å². The molecule has 18 heavy (non-hydrogen) atoms. The maximum absolute atomic E-state index is 11.9. The van der Waals surface area contributed by atoms with Crippen molar-refractivity contribution in [1.82, 2.24) is 15.1 Å². The number of nitrogens with one attached hydrogen (secondary N) is 1. The van der Waals surface area contributed by atoms with Crippen molar-refractivity contribution >= 4 is 11.6 Å². The second-order valence-electron chi connectivity index (χ2n) is 4.12. The first-order chi connectivity index (χ1) is 8.66. The number of aromatic nitrogens is 2. The summed E-state index contributed by atoms with van der Waals surface area (Å²) >= 11 is 0. The van der Waals surface area contributed by atoms with Crippen LogP contribution in [0, 0.1) is 6.92 Å². The van der Waals surface area contributed by atoms with E-state index < -0.39 is 0 Å². The fraction of sp³-hybridized carbons (Fsp3) is 0.231. The molecule has 1 amide bonds. The SMILES string of the molecule is Cc1ccc(N)c(C(=O)NCCn2cccn2)c1. The van der Waals surface area contributed by atoms with Crippen LogP contribution in [0.25, 0.3) is 0 Å². The Bertz CT molecular complexity index is 534. The minimum Gasteiger partial charge on any atom is -0.398 e. The zero-order valence-corrected chi connectivity index (χ0v) is 10.3. The molecule has 0 unspecified atom stereocenters. The summed E-state index contributed by atoms with van der Waals surface area (Å²) in [6.07, 6.45) is 3.56. The van der Waals surface area contributed by atoms with Gasteiger partial charge in [0.2, 0.25) is 0 Å². The normalized spacial score (nSPS) is 10.3. The fourth-order valence-corrected chi connectivity index (χ4v) is 1.68. The van der Waals surface area contributed by atoms with Crippen LogP contribution in [0.1, 0.15) is 15.9 Å². The molecule has 5 heteroatoms. The molecule has 0 aliphatic rings. The summed E-state index contributed by atoms with van der Waals surface area (Å²) in [4.78, 5) is 11.9. The van der Waals surface area contributed by atoms with E-state index >= 15 is 0 Å². The van der Waals surface area contributed by atoms with E-state index in [1.807, 2.05) is 25.3 Å². The minimum absolute atomic E-state index is 0.150. The van der Waals surface area contributed by atoms with Crippen LogP contribution in [0.5, 0.6) is 0 Å². The number of carbonyl (C=O) groups is 1. The largest absolute Gasteiger partial charge is 0.398 e. The summed E-state index contributed by atoms with van der Waals surface area (Å²) < 4.78 is 1.76. The van der Waals surface area contributed by atoms with Crippen molar-refractivity contribution in [3.05, 3.63) is 47.8 Å². The van der Waals surface area contributed by atoms with E-state index in [0.717, 1.165) is 5.56 Å². The number of nitrogens with two attached hydrogens (primary N) is 1. The van der Waals surface area contributed by atoms with Crippen LogP contribution in [0.2, 0.25) is 0 Å². The molecule has 0 aliphatic carbocycles. The van der Waals surface area contributed by atoms with Gasteiger partial charge in [-0.2, -0.15) is 5.10 Å². The second kappa shape index (κ2) is 5.35. The summed E-state index contributed by atoms with van der Waals surface area (Å²) in [6.45, 7) is 3.10. The monoisotopic (exact) mass is 244 g/mol. The average molecular weight is 244 g/mol. The number of amides is 1.